The van der Waals surface area contributed by atoms with Gasteiger partial charge in [0.25, 0.3) is 11.6 Å². The van der Waals surface area contributed by atoms with Crippen molar-refractivity contribution in [3.8, 4) is 0 Å². The monoisotopic (exact) mass is 379 g/mol. The zero-order valence-corrected chi connectivity index (χ0v) is 14.0. The van der Waals surface area contributed by atoms with Gasteiger partial charge in [0, 0.05) is 36.0 Å². The molecule has 0 spiro atoms. The first-order valence-corrected chi connectivity index (χ1v) is 8.23. The number of hydrogen-bond donors (Lipinski definition) is 2. The highest BCUT2D eigenvalue weighted by molar-refractivity contribution is 5.94. The predicted octanol–water partition coefficient (Wildman–Crippen LogP) is 4.12. The normalized spacial score (nSPS) is 13.9. The number of rotatable bonds is 6. The molecule has 2 N–H and O–H groups in total. The van der Waals surface area contributed by atoms with E-state index < -0.39 is 22.4 Å². The number of amides is 1. The Balaban J connectivity index is 1.70. The number of nitrogens with one attached hydrogen (secondary N) is 2. The number of nitro groups is 1. The molecule has 2 aromatic carbocycles. The number of nitro benzene ring substituents is 1. The number of benzene rings is 2. The Kier molecular flexibility index (Phi) is 5.02. The van der Waals surface area contributed by atoms with E-state index in [9.17, 15) is 28.1 Å². The van der Waals surface area contributed by atoms with Crippen LogP contribution in [0.25, 0.3) is 0 Å². The van der Waals surface area contributed by atoms with E-state index in [1.165, 1.54) is 0 Å². The molecule has 0 aromatic heterocycles. The molecule has 1 saturated carbocycles. The molecule has 0 unspecified atom stereocenters. The number of carbonyl (C=O) groups is 1. The van der Waals surface area contributed by atoms with Crippen LogP contribution < -0.4 is 10.6 Å². The molecule has 0 aliphatic heterocycles. The largest absolute Gasteiger partial charge is 0.418 e. The Morgan fingerprint density at radius 1 is 1.15 bits per heavy atom. The molecule has 0 atom stereocenters. The van der Waals surface area contributed by atoms with Gasteiger partial charge in [0.1, 0.15) is 0 Å². The van der Waals surface area contributed by atoms with Gasteiger partial charge in [-0.05, 0) is 36.6 Å². The molecular weight excluding hydrogens is 363 g/mol. The molecule has 3 rings (SSSR count). The SMILES string of the molecule is O=C(NC1CC1)c1ccc(CNc2ccc([N+](=O)[O-])cc2C(F)(F)F)cc1. The van der Waals surface area contributed by atoms with Crippen molar-refractivity contribution in [1.29, 1.82) is 0 Å². The van der Waals surface area contributed by atoms with Crippen molar-refractivity contribution in [1.82, 2.24) is 5.32 Å². The third-order valence-electron chi connectivity index (χ3n) is 4.13. The predicted molar refractivity (Wildman–Crippen MR) is 92.4 cm³/mol. The molecule has 1 aliphatic carbocycles. The van der Waals surface area contributed by atoms with Gasteiger partial charge >= 0.3 is 6.18 Å². The van der Waals surface area contributed by atoms with Crippen LogP contribution in [0.1, 0.15) is 34.3 Å². The number of carbonyl (C=O) groups excluding carboxylic acids is 1. The number of alkyl halides is 3. The zero-order valence-electron chi connectivity index (χ0n) is 14.0. The maximum atomic E-state index is 13.2. The average molecular weight is 379 g/mol. The highest BCUT2D eigenvalue weighted by Gasteiger charge is 2.35. The van der Waals surface area contributed by atoms with E-state index in [1.807, 2.05) is 0 Å². The van der Waals surface area contributed by atoms with E-state index in [0.717, 1.165) is 25.0 Å². The fourth-order valence-electron chi connectivity index (χ4n) is 2.50. The Morgan fingerprint density at radius 2 is 1.81 bits per heavy atom. The van der Waals surface area contributed by atoms with Crippen LogP contribution in [0.3, 0.4) is 0 Å². The molecule has 1 amide bonds. The van der Waals surface area contributed by atoms with Gasteiger partial charge in [-0.1, -0.05) is 12.1 Å². The number of halogens is 3. The van der Waals surface area contributed by atoms with E-state index in [1.54, 1.807) is 24.3 Å². The first-order valence-electron chi connectivity index (χ1n) is 8.23. The van der Waals surface area contributed by atoms with Gasteiger partial charge in [0.05, 0.1) is 10.5 Å². The quantitative estimate of drug-likeness (QED) is 0.584. The lowest BCUT2D eigenvalue weighted by atomic mass is 10.1. The minimum Gasteiger partial charge on any atom is -0.380 e. The topological polar surface area (TPSA) is 84.3 Å². The Bertz CT molecular complexity index is 862. The summed E-state index contributed by atoms with van der Waals surface area (Å²) >= 11 is 0. The van der Waals surface area contributed by atoms with E-state index in [2.05, 4.69) is 10.6 Å². The number of nitrogens with zero attached hydrogens (tertiary/aromatic N) is 1. The molecule has 0 saturated heterocycles. The second-order valence-corrected chi connectivity index (χ2v) is 6.28. The third-order valence-corrected chi connectivity index (χ3v) is 4.13. The first kappa shape index (κ1) is 18.7. The van der Waals surface area contributed by atoms with Crippen LogP contribution in [-0.2, 0) is 12.7 Å². The summed E-state index contributed by atoms with van der Waals surface area (Å²) < 4.78 is 39.5. The van der Waals surface area contributed by atoms with Gasteiger partial charge in [-0.2, -0.15) is 13.2 Å². The lowest BCUT2D eigenvalue weighted by Crippen LogP contribution is -2.25. The lowest BCUT2D eigenvalue weighted by molar-refractivity contribution is -0.385. The Labute approximate surface area is 152 Å². The first-order chi connectivity index (χ1) is 12.7. The molecule has 9 heteroatoms. The summed E-state index contributed by atoms with van der Waals surface area (Å²) in [6.45, 7) is 0.0748. The second kappa shape index (κ2) is 7.26. The van der Waals surface area contributed by atoms with Crippen molar-refractivity contribution < 1.29 is 22.9 Å². The van der Waals surface area contributed by atoms with Crippen LogP contribution in [0.2, 0.25) is 0 Å². The van der Waals surface area contributed by atoms with Crippen molar-refractivity contribution in [2.24, 2.45) is 0 Å². The summed E-state index contributed by atoms with van der Waals surface area (Å²) in [4.78, 5) is 21.8. The molecular formula is C18H16F3N3O3. The summed E-state index contributed by atoms with van der Waals surface area (Å²) in [5.41, 5.74) is -0.818. The van der Waals surface area contributed by atoms with Crippen molar-refractivity contribution in [3.63, 3.8) is 0 Å². The smallest absolute Gasteiger partial charge is 0.380 e. The third kappa shape index (κ3) is 4.75. The Hall–Kier alpha value is -3.10. The average Bonchev–Trinajstić information content (AvgIpc) is 3.43. The highest BCUT2D eigenvalue weighted by atomic mass is 19.4. The number of hydrogen-bond acceptors (Lipinski definition) is 4. The highest BCUT2D eigenvalue weighted by Crippen LogP contribution is 2.37. The van der Waals surface area contributed by atoms with Crippen molar-refractivity contribution in [3.05, 3.63) is 69.3 Å². The van der Waals surface area contributed by atoms with Crippen LogP contribution >= 0.6 is 0 Å². The van der Waals surface area contributed by atoms with Gasteiger partial charge in [-0.3, -0.25) is 14.9 Å². The second-order valence-electron chi connectivity index (χ2n) is 6.28. The van der Waals surface area contributed by atoms with Crippen molar-refractivity contribution >= 4 is 17.3 Å². The zero-order chi connectivity index (χ0) is 19.6. The van der Waals surface area contributed by atoms with Crippen molar-refractivity contribution in [2.45, 2.75) is 31.6 Å². The molecule has 0 bridgehead atoms. The summed E-state index contributed by atoms with van der Waals surface area (Å²) in [6.07, 6.45) is -2.77. The van der Waals surface area contributed by atoms with Crippen LogP contribution in [0.15, 0.2) is 42.5 Å². The molecule has 1 fully saturated rings. The van der Waals surface area contributed by atoms with Crippen molar-refractivity contribution in [2.75, 3.05) is 5.32 Å². The van der Waals surface area contributed by atoms with E-state index in [0.29, 0.717) is 17.2 Å². The molecule has 0 heterocycles. The maximum Gasteiger partial charge on any atom is 0.418 e. The fourth-order valence-corrected chi connectivity index (χ4v) is 2.50. The molecule has 142 valence electrons. The molecule has 1 aliphatic rings. The standard InChI is InChI=1S/C18H16F3N3O3/c19-18(20,21)15-9-14(24(26)27)7-8-16(15)22-10-11-1-3-12(4-2-11)17(25)23-13-5-6-13/h1-4,7-9,13,22H,5-6,10H2,(H,23,25). The van der Waals surface area contributed by atoms with Crippen LogP contribution in [-0.4, -0.2) is 16.9 Å². The number of anilines is 1. The summed E-state index contributed by atoms with van der Waals surface area (Å²) in [5, 5.41) is 16.2. The summed E-state index contributed by atoms with van der Waals surface area (Å²) in [6, 6.07) is 9.31. The molecule has 6 nitrogen and oxygen atoms in total. The Morgan fingerprint density at radius 3 is 2.37 bits per heavy atom. The minimum atomic E-state index is -4.72. The summed E-state index contributed by atoms with van der Waals surface area (Å²) in [7, 11) is 0. The van der Waals surface area contributed by atoms with Gasteiger partial charge in [-0.25, -0.2) is 0 Å². The molecule has 0 radical (unpaired) electrons. The van der Waals surface area contributed by atoms with Gasteiger partial charge in [0.15, 0.2) is 0 Å². The lowest BCUT2D eigenvalue weighted by Gasteiger charge is -2.14. The van der Waals surface area contributed by atoms with E-state index >= 15 is 0 Å². The van der Waals surface area contributed by atoms with E-state index in [4.69, 9.17) is 0 Å². The van der Waals surface area contributed by atoms with Gasteiger partial charge < -0.3 is 10.6 Å². The van der Waals surface area contributed by atoms with Gasteiger partial charge in [-0.15, -0.1) is 0 Å². The minimum absolute atomic E-state index is 0.0748. The van der Waals surface area contributed by atoms with Gasteiger partial charge in [0.2, 0.25) is 0 Å². The maximum absolute atomic E-state index is 13.2. The fraction of sp³-hybridized carbons (Fsp3) is 0.278. The molecule has 27 heavy (non-hydrogen) atoms. The number of non-ortho nitro benzene ring substituents is 1. The van der Waals surface area contributed by atoms with E-state index in [-0.39, 0.29) is 24.2 Å². The van der Waals surface area contributed by atoms with Crippen LogP contribution in [0, 0.1) is 10.1 Å². The molecule has 2 aromatic rings. The summed E-state index contributed by atoms with van der Waals surface area (Å²) in [5.74, 6) is -0.174. The van der Waals surface area contributed by atoms with Crippen LogP contribution in [0.5, 0.6) is 0 Å². The van der Waals surface area contributed by atoms with Crippen LogP contribution in [0.4, 0.5) is 24.5 Å².